The van der Waals surface area contributed by atoms with Gasteiger partial charge in [0.2, 0.25) is 5.91 Å². The number of halogens is 1. The normalized spacial score (nSPS) is 10.5. The third-order valence-corrected chi connectivity index (χ3v) is 3.41. The van der Waals surface area contributed by atoms with Crippen molar-refractivity contribution in [2.24, 2.45) is 0 Å². The number of hydrogen-bond donors (Lipinski definition) is 1. The lowest BCUT2D eigenvalue weighted by atomic mass is 10.1. The van der Waals surface area contributed by atoms with Gasteiger partial charge in [-0.3, -0.25) is 15.1 Å². The van der Waals surface area contributed by atoms with Crippen LogP contribution in [0, 0.1) is 0 Å². The molecule has 0 aliphatic rings. The van der Waals surface area contributed by atoms with Crippen LogP contribution in [0.4, 0.5) is 5.95 Å². The van der Waals surface area contributed by atoms with Gasteiger partial charge in [0.05, 0.1) is 0 Å². The van der Waals surface area contributed by atoms with E-state index < -0.39 is 0 Å². The molecule has 23 heavy (non-hydrogen) atoms. The molecule has 2 aromatic heterocycles. The van der Waals surface area contributed by atoms with Crippen LogP contribution < -0.4 is 5.32 Å². The monoisotopic (exact) mass is 328 g/mol. The molecule has 1 aromatic carbocycles. The maximum absolute atomic E-state index is 11.9. The average molecular weight is 329 g/mol. The molecule has 0 aliphatic heterocycles. The van der Waals surface area contributed by atoms with E-state index in [0.29, 0.717) is 23.8 Å². The third-order valence-electron chi connectivity index (χ3n) is 3.16. The summed E-state index contributed by atoms with van der Waals surface area (Å²) in [6.07, 6.45) is 4.19. The van der Waals surface area contributed by atoms with Gasteiger partial charge in [-0.05, 0) is 41.4 Å². The number of nitrogens with zero attached hydrogens (tertiary/aromatic N) is 3. The summed E-state index contributed by atoms with van der Waals surface area (Å²) in [5.41, 5.74) is 1.78. The minimum absolute atomic E-state index is 0.151. The molecule has 0 saturated carbocycles. The van der Waals surface area contributed by atoms with Gasteiger partial charge in [-0.2, -0.15) is 4.98 Å². The van der Waals surface area contributed by atoms with Crippen molar-refractivity contribution in [1.29, 1.82) is 0 Å². The summed E-state index contributed by atoms with van der Waals surface area (Å²) >= 11 is 5.82. The first-order valence-electron chi connectivity index (χ1n) is 6.99. The van der Waals surface area contributed by atoms with Crippen LogP contribution in [0.2, 0.25) is 5.02 Å². The van der Waals surface area contributed by atoms with Gasteiger partial charge in [0.15, 0.2) is 0 Å². The van der Waals surface area contributed by atoms with E-state index in [1.165, 1.54) is 0 Å². The minimum atomic E-state index is -0.179. The summed E-state index contributed by atoms with van der Waals surface area (Å²) in [5.74, 6) is 0.306. The van der Waals surface area contributed by atoms with Crippen LogP contribution in [0.1, 0.15) is 12.0 Å². The van der Waals surface area contributed by atoms with Gasteiger partial charge in [-0.1, -0.05) is 23.7 Å². The fraction of sp³-hybridized carbons (Fsp3) is 0.125. The zero-order valence-electron chi connectivity index (χ0n) is 12.1. The number of hydrogen-bond acceptors (Lipinski definition) is 5. The highest BCUT2D eigenvalue weighted by molar-refractivity contribution is 6.30. The Balaban J connectivity index is 1.56. The predicted octanol–water partition coefficient (Wildman–Crippen LogP) is 3.36. The Morgan fingerprint density at radius 3 is 2.61 bits per heavy atom. The molecule has 2 heterocycles. The van der Waals surface area contributed by atoms with Gasteiger partial charge in [-0.25, -0.2) is 0 Å². The largest absolute Gasteiger partial charge is 0.332 e. The minimum Gasteiger partial charge on any atom is -0.332 e. The molecule has 1 amide bonds. The highest BCUT2D eigenvalue weighted by Crippen LogP contribution is 2.17. The van der Waals surface area contributed by atoms with Gasteiger partial charge >= 0.3 is 0 Å². The van der Waals surface area contributed by atoms with E-state index in [1.54, 1.807) is 36.7 Å². The van der Waals surface area contributed by atoms with Crippen LogP contribution in [-0.2, 0) is 11.2 Å². The number of amides is 1. The maximum atomic E-state index is 11.9. The first kappa shape index (κ1) is 15.2. The number of aryl methyl sites for hydroxylation is 1. The Labute approximate surface area is 137 Å². The highest BCUT2D eigenvalue weighted by atomic mass is 35.5. The summed E-state index contributed by atoms with van der Waals surface area (Å²) in [6.45, 7) is 0. The van der Waals surface area contributed by atoms with Crippen LogP contribution >= 0.6 is 11.6 Å². The van der Waals surface area contributed by atoms with Crippen molar-refractivity contribution in [2.45, 2.75) is 12.8 Å². The molecule has 0 atom stereocenters. The van der Waals surface area contributed by atoms with E-state index >= 15 is 0 Å². The first-order valence-corrected chi connectivity index (χ1v) is 7.37. The smallest absolute Gasteiger partial charge is 0.270 e. The second-order valence-electron chi connectivity index (χ2n) is 4.83. The van der Waals surface area contributed by atoms with Gasteiger partial charge < -0.3 is 4.52 Å². The van der Waals surface area contributed by atoms with E-state index in [2.05, 4.69) is 20.4 Å². The van der Waals surface area contributed by atoms with Gasteiger partial charge in [-0.15, -0.1) is 0 Å². The summed E-state index contributed by atoms with van der Waals surface area (Å²) < 4.78 is 5.11. The number of carbonyl (C=O) groups is 1. The number of anilines is 1. The molecule has 0 unspecified atom stereocenters. The van der Waals surface area contributed by atoms with Crippen molar-refractivity contribution in [1.82, 2.24) is 15.1 Å². The van der Waals surface area contributed by atoms with Crippen LogP contribution in [0.25, 0.3) is 11.5 Å². The molecule has 0 spiro atoms. The molecule has 0 bridgehead atoms. The lowest BCUT2D eigenvalue weighted by Crippen LogP contribution is -2.13. The molecule has 6 nitrogen and oxygen atoms in total. The number of carbonyl (C=O) groups excluding carboxylic acids is 1. The predicted molar refractivity (Wildman–Crippen MR) is 85.9 cm³/mol. The van der Waals surface area contributed by atoms with Crippen LogP contribution in [-0.4, -0.2) is 21.0 Å². The average Bonchev–Trinajstić information content (AvgIpc) is 3.04. The zero-order valence-corrected chi connectivity index (χ0v) is 12.8. The lowest BCUT2D eigenvalue weighted by Gasteiger charge is -2.01. The Bertz CT molecular complexity index is 787. The molecule has 3 aromatic rings. The molecule has 0 radical (unpaired) electrons. The second-order valence-corrected chi connectivity index (χ2v) is 5.27. The Morgan fingerprint density at radius 1 is 1.13 bits per heavy atom. The Morgan fingerprint density at radius 2 is 1.87 bits per heavy atom. The quantitative estimate of drug-likeness (QED) is 0.776. The summed E-state index contributed by atoms with van der Waals surface area (Å²) in [4.78, 5) is 20.0. The van der Waals surface area contributed by atoms with Crippen molar-refractivity contribution in [3.05, 3.63) is 59.4 Å². The number of benzene rings is 1. The molecular weight excluding hydrogens is 316 g/mol. The molecule has 7 heteroatoms. The van der Waals surface area contributed by atoms with Gasteiger partial charge in [0, 0.05) is 29.4 Å². The standard InChI is InChI=1S/C16H13ClN4O2/c17-13-4-1-11(2-5-13)3-6-14(22)19-16-20-15(23-21-16)12-7-9-18-10-8-12/h1-2,4-5,7-10H,3,6H2,(H,19,21,22). The highest BCUT2D eigenvalue weighted by Gasteiger charge is 2.11. The lowest BCUT2D eigenvalue weighted by molar-refractivity contribution is -0.116. The molecule has 0 saturated heterocycles. The van der Waals surface area contributed by atoms with Crippen molar-refractivity contribution in [2.75, 3.05) is 5.32 Å². The van der Waals surface area contributed by atoms with E-state index in [1.807, 2.05) is 12.1 Å². The Hall–Kier alpha value is -2.73. The summed E-state index contributed by atoms with van der Waals surface area (Å²) in [7, 11) is 0. The number of aromatic nitrogens is 3. The first-order chi connectivity index (χ1) is 11.2. The van der Waals surface area contributed by atoms with Crippen molar-refractivity contribution in [3.8, 4) is 11.5 Å². The fourth-order valence-electron chi connectivity index (χ4n) is 1.98. The van der Waals surface area contributed by atoms with Crippen LogP contribution in [0.3, 0.4) is 0 Å². The summed E-state index contributed by atoms with van der Waals surface area (Å²) in [6, 6.07) is 10.9. The Kier molecular flexibility index (Phi) is 4.63. The van der Waals surface area contributed by atoms with E-state index in [4.69, 9.17) is 16.1 Å². The third kappa shape index (κ3) is 4.14. The van der Waals surface area contributed by atoms with Crippen molar-refractivity contribution >= 4 is 23.5 Å². The summed E-state index contributed by atoms with van der Waals surface area (Å²) in [5, 5.41) is 7.04. The molecular formula is C16H13ClN4O2. The van der Waals surface area contributed by atoms with Crippen LogP contribution in [0.15, 0.2) is 53.3 Å². The molecule has 0 fully saturated rings. The van der Waals surface area contributed by atoms with E-state index in [-0.39, 0.29) is 11.9 Å². The molecule has 3 rings (SSSR count). The van der Waals surface area contributed by atoms with Crippen molar-refractivity contribution in [3.63, 3.8) is 0 Å². The zero-order chi connectivity index (χ0) is 16.1. The SMILES string of the molecule is O=C(CCc1ccc(Cl)cc1)Nc1noc(-c2ccncc2)n1. The maximum Gasteiger partial charge on any atom is 0.270 e. The van der Waals surface area contributed by atoms with E-state index in [9.17, 15) is 4.79 Å². The number of nitrogens with one attached hydrogen (secondary N) is 1. The molecule has 1 N–H and O–H groups in total. The van der Waals surface area contributed by atoms with Crippen LogP contribution in [0.5, 0.6) is 0 Å². The molecule has 116 valence electrons. The topological polar surface area (TPSA) is 80.9 Å². The molecule has 0 aliphatic carbocycles. The number of rotatable bonds is 5. The van der Waals surface area contributed by atoms with Gasteiger partial charge in [0.25, 0.3) is 11.8 Å². The van der Waals surface area contributed by atoms with E-state index in [0.717, 1.165) is 11.1 Å². The van der Waals surface area contributed by atoms with Gasteiger partial charge in [0.1, 0.15) is 0 Å². The van der Waals surface area contributed by atoms with Crippen molar-refractivity contribution < 1.29 is 9.32 Å². The fourth-order valence-corrected chi connectivity index (χ4v) is 2.11. The second kappa shape index (κ2) is 7.02. The number of pyridine rings is 1.